The minimum absolute atomic E-state index is 0.0380. The number of benzene rings is 1. The SMILES string of the molecule is CCNCC(=O)NC1CCSc2ccc(F)cc21. The molecule has 18 heavy (non-hydrogen) atoms. The van der Waals surface area contributed by atoms with Gasteiger partial charge in [-0.05, 0) is 36.7 Å². The number of nitrogens with one attached hydrogen (secondary N) is 2. The molecule has 0 saturated carbocycles. The third-order valence-corrected chi connectivity index (χ3v) is 4.00. The molecule has 0 saturated heterocycles. The zero-order valence-electron chi connectivity index (χ0n) is 10.3. The molecule has 1 aromatic carbocycles. The molecule has 1 aliphatic rings. The number of rotatable bonds is 4. The Morgan fingerprint density at radius 2 is 2.39 bits per heavy atom. The van der Waals surface area contributed by atoms with Crippen molar-refractivity contribution in [2.75, 3.05) is 18.8 Å². The zero-order chi connectivity index (χ0) is 13.0. The second kappa shape index (κ2) is 6.20. The van der Waals surface area contributed by atoms with E-state index in [0.29, 0.717) is 6.54 Å². The van der Waals surface area contributed by atoms with Gasteiger partial charge in [0.2, 0.25) is 5.91 Å². The number of hydrogen-bond donors (Lipinski definition) is 2. The number of carbonyl (C=O) groups is 1. The summed E-state index contributed by atoms with van der Waals surface area (Å²) in [6.07, 6.45) is 0.846. The van der Waals surface area contributed by atoms with Crippen molar-refractivity contribution in [3.63, 3.8) is 0 Å². The highest BCUT2D eigenvalue weighted by molar-refractivity contribution is 7.99. The van der Waals surface area contributed by atoms with E-state index in [0.717, 1.165) is 29.2 Å². The van der Waals surface area contributed by atoms with Crippen LogP contribution >= 0.6 is 11.8 Å². The number of fused-ring (bicyclic) bond motifs is 1. The Kier molecular flexibility index (Phi) is 4.60. The third-order valence-electron chi connectivity index (χ3n) is 2.88. The van der Waals surface area contributed by atoms with E-state index in [2.05, 4.69) is 10.6 Å². The third kappa shape index (κ3) is 3.23. The summed E-state index contributed by atoms with van der Waals surface area (Å²) < 4.78 is 13.3. The quantitative estimate of drug-likeness (QED) is 0.878. The average Bonchev–Trinajstić information content (AvgIpc) is 2.37. The molecule has 0 bridgehead atoms. The van der Waals surface area contributed by atoms with Gasteiger partial charge in [-0.1, -0.05) is 6.92 Å². The summed E-state index contributed by atoms with van der Waals surface area (Å²) in [4.78, 5) is 12.8. The van der Waals surface area contributed by atoms with Crippen molar-refractivity contribution in [1.82, 2.24) is 10.6 Å². The summed E-state index contributed by atoms with van der Waals surface area (Å²) in [6, 6.07) is 4.72. The second-order valence-electron chi connectivity index (χ2n) is 4.22. The fourth-order valence-corrected chi connectivity index (χ4v) is 3.10. The highest BCUT2D eigenvalue weighted by Gasteiger charge is 2.22. The van der Waals surface area contributed by atoms with Crippen molar-refractivity contribution in [3.05, 3.63) is 29.6 Å². The molecule has 98 valence electrons. The van der Waals surface area contributed by atoms with Crippen LogP contribution in [0.4, 0.5) is 4.39 Å². The van der Waals surface area contributed by atoms with E-state index in [4.69, 9.17) is 0 Å². The lowest BCUT2D eigenvalue weighted by atomic mass is 10.0. The van der Waals surface area contributed by atoms with Crippen LogP contribution < -0.4 is 10.6 Å². The van der Waals surface area contributed by atoms with Crippen molar-refractivity contribution in [3.8, 4) is 0 Å². The summed E-state index contributed by atoms with van der Waals surface area (Å²) in [5, 5.41) is 5.94. The topological polar surface area (TPSA) is 41.1 Å². The van der Waals surface area contributed by atoms with Crippen LogP contribution in [0.2, 0.25) is 0 Å². The molecule has 0 radical (unpaired) electrons. The fourth-order valence-electron chi connectivity index (χ4n) is 2.00. The Balaban J connectivity index is 2.07. The van der Waals surface area contributed by atoms with E-state index in [-0.39, 0.29) is 17.8 Å². The molecule has 0 spiro atoms. The molecular formula is C13H17FN2OS. The van der Waals surface area contributed by atoms with Crippen molar-refractivity contribution in [2.45, 2.75) is 24.3 Å². The number of carbonyl (C=O) groups excluding carboxylic acids is 1. The number of amides is 1. The lowest BCUT2D eigenvalue weighted by Crippen LogP contribution is -2.37. The Morgan fingerprint density at radius 3 is 3.17 bits per heavy atom. The number of likely N-dealkylation sites (N-methyl/N-ethyl adjacent to an activating group) is 1. The number of hydrogen-bond acceptors (Lipinski definition) is 3. The van der Waals surface area contributed by atoms with Crippen LogP contribution in [0, 0.1) is 5.82 Å². The predicted molar refractivity (Wildman–Crippen MR) is 71.2 cm³/mol. The molecule has 1 heterocycles. The lowest BCUT2D eigenvalue weighted by molar-refractivity contribution is -0.121. The molecule has 0 fully saturated rings. The van der Waals surface area contributed by atoms with Crippen molar-refractivity contribution >= 4 is 17.7 Å². The first kappa shape index (κ1) is 13.4. The molecule has 1 amide bonds. The minimum atomic E-state index is -0.248. The van der Waals surface area contributed by atoms with Crippen LogP contribution in [0.3, 0.4) is 0 Å². The van der Waals surface area contributed by atoms with Crippen molar-refractivity contribution < 1.29 is 9.18 Å². The van der Waals surface area contributed by atoms with Crippen LogP contribution in [-0.2, 0) is 4.79 Å². The summed E-state index contributed by atoms with van der Waals surface area (Å²) in [6.45, 7) is 3.03. The van der Waals surface area contributed by atoms with Gasteiger partial charge in [0.1, 0.15) is 5.82 Å². The highest BCUT2D eigenvalue weighted by Crippen LogP contribution is 2.36. The molecule has 2 N–H and O–H groups in total. The van der Waals surface area contributed by atoms with E-state index in [1.54, 1.807) is 17.8 Å². The molecule has 5 heteroatoms. The van der Waals surface area contributed by atoms with Gasteiger partial charge < -0.3 is 10.6 Å². The van der Waals surface area contributed by atoms with Crippen molar-refractivity contribution in [2.24, 2.45) is 0 Å². The van der Waals surface area contributed by atoms with Gasteiger partial charge in [-0.25, -0.2) is 4.39 Å². The Bertz CT molecular complexity index is 439. The van der Waals surface area contributed by atoms with Gasteiger partial charge in [-0.3, -0.25) is 4.79 Å². The minimum Gasteiger partial charge on any atom is -0.348 e. The van der Waals surface area contributed by atoms with E-state index in [9.17, 15) is 9.18 Å². The lowest BCUT2D eigenvalue weighted by Gasteiger charge is -2.26. The van der Waals surface area contributed by atoms with Gasteiger partial charge in [0.25, 0.3) is 0 Å². The van der Waals surface area contributed by atoms with Gasteiger partial charge in [0.05, 0.1) is 12.6 Å². The smallest absolute Gasteiger partial charge is 0.234 e. The Hall–Kier alpha value is -1.07. The molecule has 2 rings (SSSR count). The average molecular weight is 268 g/mol. The largest absolute Gasteiger partial charge is 0.348 e. The maximum Gasteiger partial charge on any atom is 0.234 e. The van der Waals surface area contributed by atoms with E-state index in [1.807, 2.05) is 6.92 Å². The van der Waals surface area contributed by atoms with Gasteiger partial charge >= 0.3 is 0 Å². The molecule has 1 atom stereocenters. The number of halogens is 1. The number of thioether (sulfide) groups is 1. The summed E-state index contributed by atoms with van der Waals surface area (Å²) in [5.74, 6) is 0.663. The summed E-state index contributed by atoms with van der Waals surface area (Å²) in [7, 11) is 0. The molecule has 1 aromatic rings. The van der Waals surface area contributed by atoms with Crippen LogP contribution in [0.1, 0.15) is 24.9 Å². The van der Waals surface area contributed by atoms with Crippen LogP contribution in [0.15, 0.2) is 23.1 Å². The predicted octanol–water partition coefficient (Wildman–Crippen LogP) is 2.09. The second-order valence-corrected chi connectivity index (χ2v) is 5.36. The summed E-state index contributed by atoms with van der Waals surface area (Å²) in [5.41, 5.74) is 0.899. The zero-order valence-corrected chi connectivity index (χ0v) is 11.1. The van der Waals surface area contributed by atoms with E-state index >= 15 is 0 Å². The first-order valence-electron chi connectivity index (χ1n) is 6.13. The van der Waals surface area contributed by atoms with Gasteiger partial charge in [0, 0.05) is 10.6 Å². The van der Waals surface area contributed by atoms with Gasteiger partial charge in [0.15, 0.2) is 0 Å². The molecule has 1 unspecified atom stereocenters. The van der Waals surface area contributed by atoms with E-state index in [1.165, 1.54) is 12.1 Å². The Morgan fingerprint density at radius 1 is 1.56 bits per heavy atom. The van der Waals surface area contributed by atoms with Gasteiger partial charge in [-0.2, -0.15) is 0 Å². The maximum absolute atomic E-state index is 13.3. The van der Waals surface area contributed by atoms with Crippen molar-refractivity contribution in [1.29, 1.82) is 0 Å². The standard InChI is InChI=1S/C13H17FN2OS/c1-2-15-8-13(17)16-11-5-6-18-12-4-3-9(14)7-10(11)12/h3-4,7,11,15H,2,5-6,8H2,1H3,(H,16,17). The molecule has 1 aliphatic heterocycles. The molecular weight excluding hydrogens is 251 g/mol. The first-order chi connectivity index (χ1) is 8.70. The maximum atomic E-state index is 13.3. The fraction of sp³-hybridized carbons (Fsp3) is 0.462. The summed E-state index contributed by atoms with van der Waals surface area (Å²) >= 11 is 1.71. The molecule has 0 aromatic heterocycles. The first-order valence-corrected chi connectivity index (χ1v) is 7.11. The van der Waals surface area contributed by atoms with Crippen LogP contribution in [-0.4, -0.2) is 24.7 Å². The molecule has 0 aliphatic carbocycles. The normalized spacial score (nSPS) is 18.2. The van der Waals surface area contributed by atoms with Crippen LogP contribution in [0.25, 0.3) is 0 Å². The Labute approximate surface area is 111 Å². The van der Waals surface area contributed by atoms with Crippen LogP contribution in [0.5, 0.6) is 0 Å². The van der Waals surface area contributed by atoms with E-state index < -0.39 is 0 Å². The van der Waals surface area contributed by atoms with Gasteiger partial charge in [-0.15, -0.1) is 11.8 Å². The monoisotopic (exact) mass is 268 g/mol. The highest BCUT2D eigenvalue weighted by atomic mass is 32.2. The molecule has 3 nitrogen and oxygen atoms in total.